The average Bonchev–Trinajstić information content (AvgIpc) is 3.41. The van der Waals surface area contributed by atoms with E-state index in [0.717, 1.165) is 12.1 Å². The van der Waals surface area contributed by atoms with Crippen LogP contribution in [0, 0.1) is 10.1 Å². The second-order valence-corrected chi connectivity index (χ2v) is 7.00. The van der Waals surface area contributed by atoms with E-state index in [1.54, 1.807) is 12.1 Å². The Hall–Kier alpha value is -4.03. The number of fused-ring (bicyclic) bond motifs is 1. The van der Waals surface area contributed by atoms with E-state index in [1.807, 2.05) is 0 Å². The highest BCUT2D eigenvalue weighted by atomic mass is 19.4. The summed E-state index contributed by atoms with van der Waals surface area (Å²) < 4.78 is 52.0. The number of alkyl halides is 3. The van der Waals surface area contributed by atoms with Crippen molar-refractivity contribution in [2.75, 3.05) is 17.7 Å². The van der Waals surface area contributed by atoms with Crippen LogP contribution in [0.2, 0.25) is 0 Å². The van der Waals surface area contributed by atoms with Gasteiger partial charge in [0, 0.05) is 24.6 Å². The predicted octanol–water partition coefficient (Wildman–Crippen LogP) is 4.31. The molecular weight excluding hydrogens is 435 g/mol. The number of hydrogen-bond donors (Lipinski definition) is 2. The third-order valence-electron chi connectivity index (χ3n) is 4.90. The third kappa shape index (κ3) is 4.08. The second-order valence-electron chi connectivity index (χ2n) is 7.00. The molecular formula is C19H16F3N5O5. The van der Waals surface area contributed by atoms with Crippen LogP contribution in [0.4, 0.5) is 30.4 Å². The van der Waals surface area contributed by atoms with E-state index in [9.17, 15) is 28.1 Å². The van der Waals surface area contributed by atoms with Gasteiger partial charge in [-0.05, 0) is 12.1 Å². The van der Waals surface area contributed by atoms with E-state index in [0.29, 0.717) is 10.4 Å². The highest BCUT2D eigenvalue weighted by Crippen LogP contribution is 2.43. The van der Waals surface area contributed by atoms with Gasteiger partial charge < -0.3 is 19.8 Å². The van der Waals surface area contributed by atoms with Crippen molar-refractivity contribution in [3.8, 4) is 5.75 Å². The number of amides is 1. The number of furan rings is 1. The fourth-order valence-electron chi connectivity index (χ4n) is 3.43. The second kappa shape index (κ2) is 7.90. The first-order valence-corrected chi connectivity index (χ1v) is 9.26. The number of non-ortho nitro benzene ring substituents is 1. The summed E-state index contributed by atoms with van der Waals surface area (Å²) in [6.07, 6.45) is -3.64. The summed E-state index contributed by atoms with van der Waals surface area (Å²) in [4.78, 5) is 23.1. The van der Waals surface area contributed by atoms with Crippen molar-refractivity contribution < 1.29 is 32.0 Å². The maximum Gasteiger partial charge on any atom is 0.410 e. The number of carbonyl (C=O) groups excluding carboxylic acids is 1. The number of benzene rings is 1. The van der Waals surface area contributed by atoms with Crippen molar-refractivity contribution >= 4 is 23.1 Å². The fraction of sp³-hybridized carbons (Fsp3) is 0.263. The molecule has 0 fully saturated rings. The van der Waals surface area contributed by atoms with Crippen LogP contribution in [0.5, 0.6) is 5.75 Å². The number of nitro benzene ring substituents is 1. The molecule has 3 heterocycles. The Kier molecular flexibility index (Phi) is 5.24. The lowest BCUT2D eigenvalue weighted by atomic mass is 10.0. The summed E-state index contributed by atoms with van der Waals surface area (Å²) in [6, 6.07) is 5.16. The third-order valence-corrected chi connectivity index (χ3v) is 4.90. The molecule has 168 valence electrons. The summed E-state index contributed by atoms with van der Waals surface area (Å²) in [5.41, 5.74) is -0.600. The summed E-state index contributed by atoms with van der Waals surface area (Å²) in [5.74, 6) is -0.409. The van der Waals surface area contributed by atoms with Crippen LogP contribution in [-0.2, 0) is 0 Å². The van der Waals surface area contributed by atoms with Crippen molar-refractivity contribution in [1.82, 2.24) is 9.78 Å². The number of methoxy groups -OCH3 is 1. The molecule has 0 saturated carbocycles. The topological polar surface area (TPSA) is 124 Å². The van der Waals surface area contributed by atoms with Gasteiger partial charge in [-0.25, -0.2) is 4.68 Å². The number of nitro groups is 1. The van der Waals surface area contributed by atoms with Crippen LogP contribution >= 0.6 is 0 Å². The van der Waals surface area contributed by atoms with Crippen molar-refractivity contribution in [1.29, 1.82) is 0 Å². The molecule has 2 aromatic heterocycles. The smallest absolute Gasteiger partial charge is 0.410 e. The number of anilines is 2. The van der Waals surface area contributed by atoms with Crippen molar-refractivity contribution in [3.63, 3.8) is 0 Å². The molecule has 0 unspecified atom stereocenters. The molecule has 1 aliphatic heterocycles. The number of aromatic nitrogens is 2. The molecule has 1 aliphatic rings. The van der Waals surface area contributed by atoms with Gasteiger partial charge in [-0.3, -0.25) is 14.9 Å². The van der Waals surface area contributed by atoms with Crippen molar-refractivity contribution in [3.05, 3.63) is 64.2 Å². The summed E-state index contributed by atoms with van der Waals surface area (Å²) in [5, 5.41) is 20.2. The molecule has 13 heteroatoms. The number of halogens is 3. The molecule has 0 radical (unpaired) electrons. The highest BCUT2D eigenvalue weighted by Gasteiger charge is 2.47. The molecule has 2 atom stereocenters. The SMILES string of the molecule is COc1cc(NC(=O)c2cc3n(n2)[C@@H](C(F)(F)F)C[C@H](c2ccco2)N3)cc([N+](=O)[O-])c1. The van der Waals surface area contributed by atoms with Gasteiger partial charge in [-0.2, -0.15) is 18.3 Å². The zero-order valence-electron chi connectivity index (χ0n) is 16.4. The Labute approximate surface area is 178 Å². The van der Waals surface area contributed by atoms with Crippen molar-refractivity contribution in [2.45, 2.75) is 24.7 Å². The molecule has 0 spiro atoms. The monoisotopic (exact) mass is 451 g/mol. The minimum absolute atomic E-state index is 0.0123. The summed E-state index contributed by atoms with van der Waals surface area (Å²) >= 11 is 0. The van der Waals surface area contributed by atoms with Crippen LogP contribution < -0.4 is 15.4 Å². The quantitative estimate of drug-likeness (QED) is 0.438. The molecule has 1 aromatic carbocycles. The standard InChI is InChI=1S/C19H16F3N5O5/c1-31-12-6-10(5-11(7-12)27(29)30)23-18(28)14-9-17-24-13(15-3-2-4-32-15)8-16(19(20,21)22)26(17)25-14/h2-7,9,13,16,24H,8H2,1H3,(H,23,28)/t13-,16-/m1/s1. The van der Waals surface area contributed by atoms with E-state index in [-0.39, 0.29) is 35.1 Å². The molecule has 32 heavy (non-hydrogen) atoms. The Morgan fingerprint density at radius 3 is 2.78 bits per heavy atom. The molecule has 1 amide bonds. The first-order chi connectivity index (χ1) is 15.2. The largest absolute Gasteiger partial charge is 0.496 e. The van der Waals surface area contributed by atoms with E-state index in [2.05, 4.69) is 15.7 Å². The lowest BCUT2D eigenvalue weighted by Crippen LogP contribution is -2.35. The van der Waals surface area contributed by atoms with Gasteiger partial charge in [0.1, 0.15) is 17.3 Å². The normalized spacial score (nSPS) is 17.9. The zero-order valence-corrected chi connectivity index (χ0v) is 16.4. The Morgan fingerprint density at radius 1 is 1.38 bits per heavy atom. The lowest BCUT2D eigenvalue weighted by Gasteiger charge is -2.32. The first-order valence-electron chi connectivity index (χ1n) is 9.26. The highest BCUT2D eigenvalue weighted by molar-refractivity contribution is 6.03. The fourth-order valence-corrected chi connectivity index (χ4v) is 3.43. The molecule has 0 bridgehead atoms. The summed E-state index contributed by atoms with van der Waals surface area (Å²) in [7, 11) is 1.30. The van der Waals surface area contributed by atoms with Crippen LogP contribution in [0.15, 0.2) is 47.1 Å². The summed E-state index contributed by atoms with van der Waals surface area (Å²) in [6.45, 7) is 0. The van der Waals surface area contributed by atoms with Gasteiger partial charge >= 0.3 is 6.18 Å². The molecule has 2 N–H and O–H groups in total. The maximum absolute atomic E-state index is 13.7. The predicted molar refractivity (Wildman–Crippen MR) is 105 cm³/mol. The molecule has 0 saturated heterocycles. The minimum atomic E-state index is -4.62. The average molecular weight is 451 g/mol. The molecule has 4 rings (SSSR count). The lowest BCUT2D eigenvalue weighted by molar-refractivity contribution is -0.384. The number of rotatable bonds is 5. The van der Waals surface area contributed by atoms with Crippen LogP contribution in [0.25, 0.3) is 0 Å². The Morgan fingerprint density at radius 2 is 2.16 bits per heavy atom. The molecule has 0 aliphatic carbocycles. The van der Waals surface area contributed by atoms with Crippen LogP contribution in [0.3, 0.4) is 0 Å². The van der Waals surface area contributed by atoms with Gasteiger partial charge in [0.05, 0.1) is 36.1 Å². The Bertz CT molecular complexity index is 1160. The molecule has 3 aromatic rings. The maximum atomic E-state index is 13.7. The zero-order chi connectivity index (χ0) is 23.0. The van der Waals surface area contributed by atoms with E-state index < -0.39 is 29.1 Å². The van der Waals surface area contributed by atoms with E-state index in [1.165, 1.54) is 25.5 Å². The van der Waals surface area contributed by atoms with Gasteiger partial charge in [0.2, 0.25) is 0 Å². The van der Waals surface area contributed by atoms with Gasteiger partial charge in [-0.15, -0.1) is 0 Å². The minimum Gasteiger partial charge on any atom is -0.496 e. The molecule has 10 nitrogen and oxygen atoms in total. The van der Waals surface area contributed by atoms with Gasteiger partial charge in [0.25, 0.3) is 11.6 Å². The number of nitrogens with zero attached hydrogens (tertiary/aromatic N) is 3. The van der Waals surface area contributed by atoms with Crippen LogP contribution in [0.1, 0.15) is 34.8 Å². The first kappa shape index (κ1) is 21.2. The van der Waals surface area contributed by atoms with E-state index in [4.69, 9.17) is 9.15 Å². The number of nitrogens with one attached hydrogen (secondary N) is 2. The number of ether oxygens (including phenoxy) is 1. The van der Waals surface area contributed by atoms with Gasteiger partial charge in [-0.1, -0.05) is 0 Å². The van der Waals surface area contributed by atoms with Crippen LogP contribution in [-0.4, -0.2) is 33.9 Å². The van der Waals surface area contributed by atoms with E-state index >= 15 is 0 Å². The Balaban J connectivity index is 1.63. The van der Waals surface area contributed by atoms with Gasteiger partial charge in [0.15, 0.2) is 11.7 Å². The number of carbonyl (C=O) groups is 1. The van der Waals surface area contributed by atoms with Crippen molar-refractivity contribution in [2.24, 2.45) is 0 Å². The number of hydrogen-bond acceptors (Lipinski definition) is 7.